The Balaban J connectivity index is 1.94. The summed E-state index contributed by atoms with van der Waals surface area (Å²) in [6.07, 6.45) is 6.34. The van der Waals surface area contributed by atoms with Crippen molar-refractivity contribution < 1.29 is 4.79 Å². The third kappa shape index (κ3) is 3.14. The van der Waals surface area contributed by atoms with Crippen LogP contribution in [0, 0.1) is 11.3 Å². The number of carbonyl (C=O) groups excluding carboxylic acids is 1. The molecule has 0 unspecified atom stereocenters. The first kappa shape index (κ1) is 15.4. The first-order chi connectivity index (χ1) is 11.2. The van der Waals surface area contributed by atoms with Gasteiger partial charge in [0.1, 0.15) is 0 Å². The number of amides is 1. The summed E-state index contributed by atoms with van der Waals surface area (Å²) in [6, 6.07) is 13.3. The molecule has 2 aromatic rings. The van der Waals surface area contributed by atoms with Crippen LogP contribution in [0.2, 0.25) is 0 Å². The highest BCUT2D eigenvalue weighted by Gasteiger charge is 2.28. The van der Waals surface area contributed by atoms with Crippen molar-refractivity contribution in [1.82, 2.24) is 9.47 Å². The molecule has 1 aliphatic rings. The van der Waals surface area contributed by atoms with E-state index < -0.39 is 0 Å². The molecule has 0 spiro atoms. The molecule has 118 valence electrons. The van der Waals surface area contributed by atoms with Crippen LogP contribution in [0.25, 0.3) is 0 Å². The van der Waals surface area contributed by atoms with E-state index in [0.29, 0.717) is 11.1 Å². The number of aryl methyl sites for hydroxylation is 1. The van der Waals surface area contributed by atoms with Crippen molar-refractivity contribution in [3.8, 4) is 6.07 Å². The molecule has 4 heteroatoms. The number of nitrogens with zero attached hydrogens (tertiary/aromatic N) is 3. The van der Waals surface area contributed by atoms with Gasteiger partial charge in [0.25, 0.3) is 5.91 Å². The SMILES string of the molecule is Cn1cccc1[C@@H]1CCCCCN1C(=O)c1cccc(C#N)c1. The van der Waals surface area contributed by atoms with Crippen LogP contribution in [-0.4, -0.2) is 21.9 Å². The zero-order valence-corrected chi connectivity index (χ0v) is 13.4. The van der Waals surface area contributed by atoms with Crippen LogP contribution < -0.4 is 0 Å². The van der Waals surface area contributed by atoms with Crippen molar-refractivity contribution in [2.45, 2.75) is 31.7 Å². The molecule has 1 amide bonds. The average Bonchev–Trinajstić information content (AvgIpc) is 2.86. The Kier molecular flexibility index (Phi) is 4.47. The monoisotopic (exact) mass is 307 g/mol. The van der Waals surface area contributed by atoms with Crippen LogP contribution in [-0.2, 0) is 7.05 Å². The van der Waals surface area contributed by atoms with Crippen LogP contribution in [0.5, 0.6) is 0 Å². The number of rotatable bonds is 2. The number of aromatic nitrogens is 1. The minimum Gasteiger partial charge on any atom is -0.353 e. The number of benzene rings is 1. The standard InChI is InChI=1S/C19H21N3O/c1-21-11-6-10-17(21)18-9-3-2-4-12-22(18)19(23)16-8-5-7-15(13-16)14-20/h5-8,10-11,13,18H,2-4,9,12H2,1H3/t18-/m0/s1. The minimum absolute atomic E-state index is 0.0233. The van der Waals surface area contributed by atoms with Crippen molar-refractivity contribution >= 4 is 5.91 Å². The minimum atomic E-state index is 0.0233. The maximum atomic E-state index is 13.0. The molecule has 0 radical (unpaired) electrons. The van der Waals surface area contributed by atoms with E-state index in [1.807, 2.05) is 24.2 Å². The lowest BCUT2D eigenvalue weighted by atomic mass is 10.0. The summed E-state index contributed by atoms with van der Waals surface area (Å²) in [5.74, 6) is 0.0233. The van der Waals surface area contributed by atoms with E-state index in [2.05, 4.69) is 16.7 Å². The molecule has 2 heterocycles. The van der Waals surface area contributed by atoms with Crippen LogP contribution in [0.1, 0.15) is 53.3 Å². The molecule has 23 heavy (non-hydrogen) atoms. The van der Waals surface area contributed by atoms with E-state index in [0.717, 1.165) is 32.2 Å². The van der Waals surface area contributed by atoms with Gasteiger partial charge in [-0.3, -0.25) is 4.79 Å². The first-order valence-electron chi connectivity index (χ1n) is 8.13. The Morgan fingerprint density at radius 1 is 1.22 bits per heavy atom. The molecule has 1 aliphatic heterocycles. The Bertz CT molecular complexity index is 741. The molecule has 1 aromatic carbocycles. The lowest BCUT2D eigenvalue weighted by Gasteiger charge is -2.30. The van der Waals surface area contributed by atoms with Crippen LogP contribution >= 0.6 is 0 Å². The number of likely N-dealkylation sites (tertiary alicyclic amines) is 1. The van der Waals surface area contributed by atoms with Gasteiger partial charge >= 0.3 is 0 Å². The number of nitriles is 1. The fourth-order valence-corrected chi connectivity index (χ4v) is 3.37. The van der Waals surface area contributed by atoms with E-state index in [-0.39, 0.29) is 11.9 Å². The Morgan fingerprint density at radius 2 is 2.09 bits per heavy atom. The second kappa shape index (κ2) is 6.70. The molecule has 1 aromatic heterocycles. The number of carbonyl (C=O) groups is 1. The van der Waals surface area contributed by atoms with Gasteiger partial charge in [0.2, 0.25) is 0 Å². The van der Waals surface area contributed by atoms with Gasteiger partial charge < -0.3 is 9.47 Å². The maximum Gasteiger partial charge on any atom is 0.254 e. The summed E-state index contributed by atoms with van der Waals surface area (Å²) in [5, 5.41) is 9.06. The fraction of sp³-hybridized carbons (Fsp3) is 0.368. The summed E-state index contributed by atoms with van der Waals surface area (Å²) < 4.78 is 2.10. The van der Waals surface area contributed by atoms with Crippen molar-refractivity contribution in [1.29, 1.82) is 5.26 Å². The van der Waals surface area contributed by atoms with Crippen LogP contribution in [0.15, 0.2) is 42.6 Å². The van der Waals surface area contributed by atoms with Crippen molar-refractivity contribution in [3.63, 3.8) is 0 Å². The third-order valence-corrected chi connectivity index (χ3v) is 4.58. The van der Waals surface area contributed by atoms with Crippen molar-refractivity contribution in [2.75, 3.05) is 6.54 Å². The zero-order chi connectivity index (χ0) is 16.2. The third-order valence-electron chi connectivity index (χ3n) is 4.58. The quantitative estimate of drug-likeness (QED) is 0.850. The van der Waals surface area contributed by atoms with E-state index in [1.165, 1.54) is 5.69 Å². The summed E-state index contributed by atoms with van der Waals surface area (Å²) in [7, 11) is 2.03. The van der Waals surface area contributed by atoms with Crippen LogP contribution in [0.3, 0.4) is 0 Å². The van der Waals surface area contributed by atoms with Gasteiger partial charge in [-0.05, 0) is 43.2 Å². The lowest BCUT2D eigenvalue weighted by molar-refractivity contribution is 0.0674. The molecule has 0 aliphatic carbocycles. The van der Waals surface area contributed by atoms with Crippen molar-refractivity contribution in [3.05, 3.63) is 59.4 Å². The smallest absolute Gasteiger partial charge is 0.254 e. The van der Waals surface area contributed by atoms with Crippen molar-refractivity contribution in [2.24, 2.45) is 7.05 Å². The lowest BCUT2D eigenvalue weighted by Crippen LogP contribution is -2.35. The van der Waals surface area contributed by atoms with Gasteiger partial charge in [0, 0.05) is 31.0 Å². The van der Waals surface area contributed by atoms with Gasteiger partial charge in [-0.1, -0.05) is 18.9 Å². The molecule has 3 rings (SSSR count). The highest BCUT2D eigenvalue weighted by atomic mass is 16.2. The summed E-state index contributed by atoms with van der Waals surface area (Å²) in [4.78, 5) is 15.0. The predicted octanol–water partition coefficient (Wildman–Crippen LogP) is 3.65. The summed E-state index contributed by atoms with van der Waals surface area (Å²) in [6.45, 7) is 0.769. The second-order valence-electron chi connectivity index (χ2n) is 6.10. The number of hydrogen-bond donors (Lipinski definition) is 0. The van der Waals surface area contributed by atoms with Gasteiger partial charge in [-0.25, -0.2) is 0 Å². The van der Waals surface area contributed by atoms with Gasteiger partial charge in [-0.15, -0.1) is 0 Å². The Morgan fingerprint density at radius 3 is 2.83 bits per heavy atom. The normalized spacial score (nSPS) is 18.3. The molecule has 0 bridgehead atoms. The van der Waals surface area contributed by atoms with E-state index in [4.69, 9.17) is 5.26 Å². The molecule has 0 saturated carbocycles. The molecule has 1 atom stereocenters. The fourth-order valence-electron chi connectivity index (χ4n) is 3.37. The molecule has 1 saturated heterocycles. The van der Waals surface area contributed by atoms with E-state index in [1.54, 1.807) is 24.3 Å². The zero-order valence-electron chi connectivity index (χ0n) is 13.4. The molecule has 1 fully saturated rings. The number of hydrogen-bond acceptors (Lipinski definition) is 2. The largest absolute Gasteiger partial charge is 0.353 e. The second-order valence-corrected chi connectivity index (χ2v) is 6.10. The molecular weight excluding hydrogens is 286 g/mol. The molecular formula is C19H21N3O. The van der Waals surface area contributed by atoms with Gasteiger partial charge in [0.15, 0.2) is 0 Å². The van der Waals surface area contributed by atoms with E-state index >= 15 is 0 Å². The summed E-state index contributed by atoms with van der Waals surface area (Å²) in [5.41, 5.74) is 2.31. The predicted molar refractivity (Wildman–Crippen MR) is 88.8 cm³/mol. The molecule has 4 nitrogen and oxygen atoms in total. The van der Waals surface area contributed by atoms with Gasteiger partial charge in [-0.2, -0.15) is 5.26 Å². The summed E-state index contributed by atoms with van der Waals surface area (Å²) >= 11 is 0. The first-order valence-corrected chi connectivity index (χ1v) is 8.13. The Hall–Kier alpha value is -2.54. The average molecular weight is 307 g/mol. The molecule has 0 N–H and O–H groups in total. The van der Waals surface area contributed by atoms with Gasteiger partial charge in [0.05, 0.1) is 17.7 Å². The maximum absolute atomic E-state index is 13.0. The Labute approximate surface area is 137 Å². The topological polar surface area (TPSA) is 49.0 Å². The highest BCUT2D eigenvalue weighted by molar-refractivity contribution is 5.94. The highest BCUT2D eigenvalue weighted by Crippen LogP contribution is 2.31. The van der Waals surface area contributed by atoms with E-state index in [9.17, 15) is 4.79 Å². The van der Waals surface area contributed by atoms with Crippen LogP contribution in [0.4, 0.5) is 0 Å².